The van der Waals surface area contributed by atoms with Crippen LogP contribution in [0.1, 0.15) is 35.3 Å². The van der Waals surface area contributed by atoms with Gasteiger partial charge in [0.25, 0.3) is 5.91 Å². The van der Waals surface area contributed by atoms with Gasteiger partial charge in [-0.2, -0.15) is 5.10 Å². The summed E-state index contributed by atoms with van der Waals surface area (Å²) in [6.45, 7) is 5.78. The predicted octanol–water partition coefficient (Wildman–Crippen LogP) is 3.22. The van der Waals surface area contributed by atoms with Gasteiger partial charge >= 0.3 is 0 Å². The second-order valence-electron chi connectivity index (χ2n) is 7.10. The Hall–Kier alpha value is -2.25. The summed E-state index contributed by atoms with van der Waals surface area (Å²) >= 11 is 1.62. The highest BCUT2D eigenvalue weighted by Crippen LogP contribution is 2.29. The number of pyridine rings is 1. The van der Waals surface area contributed by atoms with Crippen LogP contribution in [0.15, 0.2) is 23.6 Å². The Morgan fingerprint density at radius 3 is 2.85 bits per heavy atom. The Kier molecular flexibility index (Phi) is 5.22. The number of hydrogen-bond acceptors (Lipinski definition) is 5. The lowest BCUT2D eigenvalue weighted by Gasteiger charge is -2.26. The van der Waals surface area contributed by atoms with Crippen LogP contribution in [0.2, 0.25) is 0 Å². The third kappa shape index (κ3) is 3.75. The van der Waals surface area contributed by atoms with Gasteiger partial charge < -0.3 is 10.2 Å². The SMILES string of the molecule is Cc1nn(C)c2nc(-c3cccs3)cc(C(=O)NCCN3CCCCC3)c12. The van der Waals surface area contributed by atoms with Crippen molar-refractivity contribution < 1.29 is 4.79 Å². The van der Waals surface area contributed by atoms with E-state index in [0.717, 1.165) is 46.9 Å². The molecule has 0 saturated carbocycles. The number of thiophene rings is 1. The summed E-state index contributed by atoms with van der Waals surface area (Å²) in [5.41, 5.74) is 3.06. The molecule has 6 nitrogen and oxygen atoms in total. The molecule has 142 valence electrons. The lowest BCUT2D eigenvalue weighted by Crippen LogP contribution is -2.37. The highest BCUT2D eigenvalue weighted by molar-refractivity contribution is 7.13. The van der Waals surface area contributed by atoms with E-state index in [1.54, 1.807) is 16.0 Å². The Balaban J connectivity index is 1.60. The molecule has 0 aromatic carbocycles. The van der Waals surface area contributed by atoms with Gasteiger partial charge in [0.15, 0.2) is 5.65 Å². The normalized spacial score (nSPS) is 15.3. The second kappa shape index (κ2) is 7.78. The van der Waals surface area contributed by atoms with E-state index < -0.39 is 0 Å². The van der Waals surface area contributed by atoms with Crippen LogP contribution in [0.4, 0.5) is 0 Å². The van der Waals surface area contributed by atoms with Gasteiger partial charge in [0.2, 0.25) is 0 Å². The maximum Gasteiger partial charge on any atom is 0.252 e. The molecule has 3 aromatic heterocycles. The zero-order chi connectivity index (χ0) is 18.8. The van der Waals surface area contributed by atoms with E-state index >= 15 is 0 Å². The molecule has 0 atom stereocenters. The van der Waals surface area contributed by atoms with Crippen LogP contribution >= 0.6 is 11.3 Å². The Morgan fingerprint density at radius 1 is 1.30 bits per heavy atom. The van der Waals surface area contributed by atoms with Gasteiger partial charge in [0.1, 0.15) is 0 Å². The van der Waals surface area contributed by atoms with E-state index in [2.05, 4.69) is 15.3 Å². The summed E-state index contributed by atoms with van der Waals surface area (Å²) in [5, 5.41) is 10.4. The minimum atomic E-state index is -0.0479. The van der Waals surface area contributed by atoms with Crippen molar-refractivity contribution in [2.45, 2.75) is 26.2 Å². The van der Waals surface area contributed by atoms with Crippen LogP contribution in [-0.2, 0) is 7.05 Å². The lowest BCUT2D eigenvalue weighted by atomic mass is 10.1. The maximum atomic E-state index is 13.0. The number of hydrogen-bond donors (Lipinski definition) is 1. The Labute approximate surface area is 163 Å². The quantitative estimate of drug-likeness (QED) is 0.735. The zero-order valence-corrected chi connectivity index (χ0v) is 16.7. The van der Waals surface area contributed by atoms with E-state index in [1.165, 1.54) is 19.3 Å². The fourth-order valence-electron chi connectivity index (χ4n) is 3.78. The van der Waals surface area contributed by atoms with E-state index in [1.807, 2.05) is 37.6 Å². The van der Waals surface area contributed by atoms with E-state index in [-0.39, 0.29) is 5.91 Å². The van der Waals surface area contributed by atoms with Crippen molar-refractivity contribution in [3.05, 3.63) is 34.8 Å². The summed E-state index contributed by atoms with van der Waals surface area (Å²) in [4.78, 5) is 21.2. The fraction of sp³-hybridized carbons (Fsp3) is 0.450. The van der Waals surface area contributed by atoms with Crippen LogP contribution in [0, 0.1) is 6.92 Å². The molecule has 1 aliphatic heterocycles. The van der Waals surface area contributed by atoms with Crippen LogP contribution in [-0.4, -0.2) is 51.8 Å². The van der Waals surface area contributed by atoms with Crippen molar-refractivity contribution >= 4 is 28.3 Å². The number of rotatable bonds is 5. The largest absolute Gasteiger partial charge is 0.351 e. The van der Waals surface area contributed by atoms with Gasteiger partial charge in [-0.05, 0) is 50.4 Å². The summed E-state index contributed by atoms with van der Waals surface area (Å²) < 4.78 is 1.76. The van der Waals surface area contributed by atoms with Crippen molar-refractivity contribution in [2.24, 2.45) is 7.05 Å². The van der Waals surface area contributed by atoms with Crippen LogP contribution in [0.3, 0.4) is 0 Å². The number of nitrogens with one attached hydrogen (secondary N) is 1. The minimum absolute atomic E-state index is 0.0479. The molecule has 0 aliphatic carbocycles. The first-order valence-corrected chi connectivity index (χ1v) is 10.4. The molecule has 1 amide bonds. The van der Waals surface area contributed by atoms with Crippen molar-refractivity contribution in [1.29, 1.82) is 0 Å². The monoisotopic (exact) mass is 383 g/mol. The lowest BCUT2D eigenvalue weighted by molar-refractivity contribution is 0.0948. The third-order valence-corrected chi connectivity index (χ3v) is 6.04. The molecule has 0 bridgehead atoms. The molecule has 4 rings (SSSR count). The topological polar surface area (TPSA) is 63.1 Å². The molecule has 4 heterocycles. The van der Waals surface area contributed by atoms with Gasteiger partial charge in [-0.1, -0.05) is 12.5 Å². The number of aryl methyl sites for hydroxylation is 2. The highest BCUT2D eigenvalue weighted by Gasteiger charge is 2.19. The number of carbonyl (C=O) groups is 1. The van der Waals surface area contributed by atoms with Gasteiger partial charge in [0.05, 0.1) is 27.2 Å². The van der Waals surface area contributed by atoms with Crippen molar-refractivity contribution in [3.63, 3.8) is 0 Å². The van der Waals surface area contributed by atoms with Crippen molar-refractivity contribution in [2.75, 3.05) is 26.2 Å². The van der Waals surface area contributed by atoms with E-state index in [4.69, 9.17) is 4.98 Å². The summed E-state index contributed by atoms with van der Waals surface area (Å²) in [6, 6.07) is 5.93. The van der Waals surface area contributed by atoms with Gasteiger partial charge in [-0.25, -0.2) is 4.98 Å². The predicted molar refractivity (Wildman–Crippen MR) is 109 cm³/mol. The molecule has 0 radical (unpaired) electrons. The molecular weight excluding hydrogens is 358 g/mol. The molecule has 3 aromatic rings. The van der Waals surface area contributed by atoms with Gasteiger partial charge in [-0.3, -0.25) is 9.48 Å². The number of piperidine rings is 1. The first kappa shape index (κ1) is 18.1. The van der Waals surface area contributed by atoms with Crippen molar-refractivity contribution in [3.8, 4) is 10.6 Å². The van der Waals surface area contributed by atoms with Crippen LogP contribution in [0.5, 0.6) is 0 Å². The molecule has 7 heteroatoms. The van der Waals surface area contributed by atoms with Gasteiger partial charge in [-0.15, -0.1) is 11.3 Å². The number of fused-ring (bicyclic) bond motifs is 1. The minimum Gasteiger partial charge on any atom is -0.351 e. The van der Waals surface area contributed by atoms with Crippen LogP contribution in [0.25, 0.3) is 21.6 Å². The third-order valence-electron chi connectivity index (χ3n) is 5.15. The molecule has 1 N–H and O–H groups in total. The summed E-state index contributed by atoms with van der Waals surface area (Å²) in [7, 11) is 1.87. The maximum absolute atomic E-state index is 13.0. The molecule has 1 saturated heterocycles. The van der Waals surface area contributed by atoms with Crippen molar-refractivity contribution in [1.82, 2.24) is 25.0 Å². The molecular formula is C20H25N5OS. The smallest absolute Gasteiger partial charge is 0.252 e. The molecule has 1 aliphatic rings. The number of likely N-dealkylation sites (tertiary alicyclic amines) is 1. The Bertz CT molecular complexity index is 941. The zero-order valence-electron chi connectivity index (χ0n) is 15.9. The molecule has 1 fully saturated rings. The first-order valence-electron chi connectivity index (χ1n) is 9.52. The number of nitrogens with zero attached hydrogens (tertiary/aromatic N) is 4. The number of aromatic nitrogens is 3. The molecule has 27 heavy (non-hydrogen) atoms. The molecule has 0 unspecified atom stereocenters. The number of carbonyl (C=O) groups excluding carboxylic acids is 1. The average molecular weight is 384 g/mol. The van der Waals surface area contributed by atoms with Crippen LogP contribution < -0.4 is 5.32 Å². The summed E-state index contributed by atoms with van der Waals surface area (Å²) in [6.07, 6.45) is 3.85. The molecule has 0 spiro atoms. The first-order chi connectivity index (χ1) is 13.1. The number of amides is 1. The highest BCUT2D eigenvalue weighted by atomic mass is 32.1. The van der Waals surface area contributed by atoms with E-state index in [9.17, 15) is 4.79 Å². The standard InChI is InChI=1S/C20H25N5OS/c1-14-18-15(20(26)21-8-11-25-9-4-3-5-10-25)13-16(17-7-6-12-27-17)22-19(18)24(2)23-14/h6-7,12-13H,3-5,8-11H2,1-2H3,(H,21,26). The fourth-order valence-corrected chi connectivity index (χ4v) is 4.47. The van der Waals surface area contributed by atoms with Gasteiger partial charge in [0, 0.05) is 20.1 Å². The Morgan fingerprint density at radius 2 is 2.11 bits per heavy atom. The van der Waals surface area contributed by atoms with E-state index in [0.29, 0.717) is 12.1 Å². The summed E-state index contributed by atoms with van der Waals surface area (Å²) in [5.74, 6) is -0.0479. The second-order valence-corrected chi connectivity index (χ2v) is 8.05. The average Bonchev–Trinajstić information content (AvgIpc) is 3.31.